The fourth-order valence-corrected chi connectivity index (χ4v) is 8.39. The van der Waals surface area contributed by atoms with Gasteiger partial charge in [-0.3, -0.25) is 4.79 Å². The molecule has 2 N–H and O–H groups in total. The van der Waals surface area contributed by atoms with Crippen molar-refractivity contribution in [2.45, 2.75) is 165 Å². The van der Waals surface area contributed by atoms with E-state index in [0.717, 1.165) is 55.2 Å². The standard InChI is InChI=1S/C49H72O12Si/c1-49(2,3)62(5,6)58-35-39-30-40(51)43(47(59-39)54-29-21-10-8-7-9-20-28-42(52)53-4)61-48-46(57-34-38-26-18-13-19-27-38)45(56-33-37-24-16-12-17-25-37)44(41(31-50)60-48)55-32-36-22-14-11-15-23-36/h11-19,22-27,39-41,43-48,50-51H,7-10,20-21,28-35H2,1-6H3/t39-,40-,41+,43+,44+,45-,46+,47-,48+/m0/s1. The van der Waals surface area contributed by atoms with Gasteiger partial charge in [0.25, 0.3) is 0 Å². The molecule has 3 aromatic rings. The van der Waals surface area contributed by atoms with Crippen molar-refractivity contribution < 1.29 is 57.3 Å². The average molecular weight is 881 g/mol. The molecule has 13 heteroatoms. The van der Waals surface area contributed by atoms with Crippen molar-refractivity contribution in [3.8, 4) is 0 Å². The fraction of sp³-hybridized carbons (Fsp3) is 0.612. The lowest BCUT2D eigenvalue weighted by Crippen LogP contribution is -2.64. The summed E-state index contributed by atoms with van der Waals surface area (Å²) in [5.74, 6) is -0.177. The number of hydrogen-bond acceptors (Lipinski definition) is 12. The minimum Gasteiger partial charge on any atom is -0.469 e. The van der Waals surface area contributed by atoms with Crippen LogP contribution in [-0.2, 0) is 66.9 Å². The third-order valence-corrected chi connectivity index (χ3v) is 16.6. The first kappa shape index (κ1) is 50.0. The summed E-state index contributed by atoms with van der Waals surface area (Å²) in [4.78, 5) is 11.5. The molecule has 2 saturated heterocycles. The molecular weight excluding hydrogens is 809 g/mol. The minimum atomic E-state index is -2.12. The van der Waals surface area contributed by atoms with E-state index >= 15 is 0 Å². The summed E-state index contributed by atoms with van der Waals surface area (Å²) < 4.78 is 57.9. The van der Waals surface area contributed by atoms with Gasteiger partial charge in [0.05, 0.1) is 52.4 Å². The first-order valence-corrected chi connectivity index (χ1v) is 25.3. The van der Waals surface area contributed by atoms with E-state index < -0.39 is 63.6 Å². The zero-order valence-electron chi connectivity index (χ0n) is 37.7. The van der Waals surface area contributed by atoms with Gasteiger partial charge in [-0.1, -0.05) is 137 Å². The molecule has 0 radical (unpaired) electrons. The highest BCUT2D eigenvalue weighted by molar-refractivity contribution is 6.74. The summed E-state index contributed by atoms with van der Waals surface area (Å²) in [5.41, 5.74) is 2.85. The van der Waals surface area contributed by atoms with Crippen LogP contribution in [-0.4, -0.2) is 107 Å². The van der Waals surface area contributed by atoms with Gasteiger partial charge in [0.1, 0.15) is 30.5 Å². The van der Waals surface area contributed by atoms with Crippen LogP contribution in [0.4, 0.5) is 0 Å². The number of carbonyl (C=O) groups is 1. The molecule has 2 aliphatic rings. The van der Waals surface area contributed by atoms with Gasteiger partial charge >= 0.3 is 5.97 Å². The second-order valence-electron chi connectivity index (χ2n) is 17.9. The lowest BCUT2D eigenvalue weighted by molar-refractivity contribution is -0.368. The summed E-state index contributed by atoms with van der Waals surface area (Å²) in [6.45, 7) is 12.0. The summed E-state index contributed by atoms with van der Waals surface area (Å²) >= 11 is 0. The van der Waals surface area contributed by atoms with Crippen molar-refractivity contribution in [2.24, 2.45) is 0 Å². The van der Waals surface area contributed by atoms with E-state index in [-0.39, 0.29) is 43.9 Å². The first-order valence-electron chi connectivity index (χ1n) is 22.4. The van der Waals surface area contributed by atoms with Gasteiger partial charge in [0.15, 0.2) is 20.9 Å². The Morgan fingerprint density at radius 3 is 1.73 bits per heavy atom. The van der Waals surface area contributed by atoms with E-state index in [1.165, 1.54) is 7.11 Å². The van der Waals surface area contributed by atoms with Crippen molar-refractivity contribution in [1.29, 1.82) is 0 Å². The van der Waals surface area contributed by atoms with Crippen molar-refractivity contribution in [3.63, 3.8) is 0 Å². The molecule has 9 atom stereocenters. The Balaban J connectivity index is 1.37. The number of methoxy groups -OCH3 is 1. The van der Waals surface area contributed by atoms with Gasteiger partial charge in [-0.05, 0) is 47.7 Å². The quantitative estimate of drug-likeness (QED) is 0.0481. The maximum atomic E-state index is 11.9. The van der Waals surface area contributed by atoms with Gasteiger partial charge < -0.3 is 52.5 Å². The maximum Gasteiger partial charge on any atom is 0.305 e. The van der Waals surface area contributed by atoms with Gasteiger partial charge in [-0.25, -0.2) is 0 Å². The molecule has 0 saturated carbocycles. The van der Waals surface area contributed by atoms with E-state index in [0.29, 0.717) is 19.6 Å². The second-order valence-corrected chi connectivity index (χ2v) is 22.7. The molecule has 0 bridgehead atoms. The summed E-state index contributed by atoms with van der Waals surface area (Å²) in [7, 11) is -0.707. The highest BCUT2D eigenvalue weighted by Gasteiger charge is 2.52. The highest BCUT2D eigenvalue weighted by Crippen LogP contribution is 2.38. The van der Waals surface area contributed by atoms with Crippen LogP contribution in [0.25, 0.3) is 0 Å². The Morgan fingerprint density at radius 1 is 0.677 bits per heavy atom. The SMILES string of the molecule is COC(=O)CCCCCCCCO[C@H]1O[C@H](CO[Si](C)(C)C(C)(C)C)C[C@H](O)[C@H]1O[C@H]1O[C@H](CO)[C@@H](OCc2ccccc2)[C@H](OCc2ccccc2)[C@H]1OCc1ccccc1. The van der Waals surface area contributed by atoms with Gasteiger partial charge in [0, 0.05) is 19.4 Å². The summed E-state index contributed by atoms with van der Waals surface area (Å²) in [5, 5.41) is 22.8. The van der Waals surface area contributed by atoms with E-state index in [2.05, 4.69) is 33.9 Å². The first-order chi connectivity index (χ1) is 29.9. The minimum absolute atomic E-state index is 0.000733. The second kappa shape index (κ2) is 25.4. The number of rotatable bonds is 25. The molecule has 12 nitrogen and oxygen atoms in total. The van der Waals surface area contributed by atoms with E-state index in [4.69, 9.17) is 42.3 Å². The highest BCUT2D eigenvalue weighted by atomic mass is 28.4. The Bertz CT molecular complexity index is 1680. The van der Waals surface area contributed by atoms with Crippen molar-refractivity contribution in [1.82, 2.24) is 0 Å². The Kier molecular flexibility index (Phi) is 20.5. The number of ether oxygens (including phenoxy) is 8. The maximum absolute atomic E-state index is 11.9. The fourth-order valence-electron chi connectivity index (χ4n) is 7.36. The van der Waals surface area contributed by atoms with E-state index in [1.54, 1.807) is 0 Å². The predicted octanol–water partition coefficient (Wildman–Crippen LogP) is 8.26. The van der Waals surface area contributed by atoms with Crippen molar-refractivity contribution in [3.05, 3.63) is 108 Å². The number of esters is 1. The lowest BCUT2D eigenvalue weighted by Gasteiger charge is -2.48. The molecular formula is C49H72O12Si. The van der Waals surface area contributed by atoms with Gasteiger partial charge in [0.2, 0.25) is 0 Å². The average Bonchev–Trinajstić information content (AvgIpc) is 3.27. The molecule has 2 fully saturated rings. The van der Waals surface area contributed by atoms with Crippen LogP contribution in [0.15, 0.2) is 91.0 Å². The summed E-state index contributed by atoms with van der Waals surface area (Å²) in [6, 6.07) is 29.5. The predicted molar refractivity (Wildman–Crippen MR) is 238 cm³/mol. The van der Waals surface area contributed by atoms with Crippen molar-refractivity contribution >= 4 is 14.3 Å². The van der Waals surface area contributed by atoms with Gasteiger partial charge in [-0.2, -0.15) is 0 Å². The number of carbonyl (C=O) groups excluding carboxylic acids is 1. The van der Waals surface area contributed by atoms with Crippen LogP contribution in [0.3, 0.4) is 0 Å². The Hall–Kier alpha value is -3.05. The van der Waals surface area contributed by atoms with E-state index in [9.17, 15) is 15.0 Å². The molecule has 2 heterocycles. The van der Waals surface area contributed by atoms with E-state index in [1.807, 2.05) is 91.0 Å². The normalized spacial score (nSPS) is 25.7. The third-order valence-electron chi connectivity index (χ3n) is 12.1. The van der Waals surface area contributed by atoms with Gasteiger partial charge in [-0.15, -0.1) is 0 Å². The number of unbranched alkanes of at least 4 members (excludes halogenated alkanes) is 5. The van der Waals surface area contributed by atoms with Crippen LogP contribution in [0.1, 0.15) is 88.8 Å². The molecule has 3 aromatic carbocycles. The molecule has 0 aromatic heterocycles. The van der Waals surface area contributed by atoms with Crippen LogP contribution >= 0.6 is 0 Å². The molecule has 62 heavy (non-hydrogen) atoms. The van der Waals surface area contributed by atoms with Crippen LogP contribution in [0.5, 0.6) is 0 Å². The molecule has 0 unspecified atom stereocenters. The van der Waals surface area contributed by atoms with Crippen LogP contribution in [0.2, 0.25) is 18.1 Å². The number of benzene rings is 3. The zero-order chi connectivity index (χ0) is 44.4. The number of aliphatic hydroxyl groups is 2. The Morgan fingerprint density at radius 2 is 1.19 bits per heavy atom. The smallest absolute Gasteiger partial charge is 0.305 e. The number of hydrogen-bond donors (Lipinski definition) is 2. The topological polar surface area (TPSA) is 141 Å². The van der Waals surface area contributed by atoms with Crippen molar-refractivity contribution in [2.75, 3.05) is 26.9 Å². The molecule has 344 valence electrons. The van der Waals surface area contributed by atoms with Crippen LogP contribution < -0.4 is 0 Å². The third kappa shape index (κ3) is 15.6. The zero-order valence-corrected chi connectivity index (χ0v) is 38.7. The Labute approximate surface area is 370 Å². The molecule has 2 aliphatic heterocycles. The molecule has 0 aliphatic carbocycles. The number of aliphatic hydroxyl groups excluding tert-OH is 2. The molecule has 0 spiro atoms. The molecule has 0 amide bonds. The molecule has 5 rings (SSSR count). The monoisotopic (exact) mass is 880 g/mol. The summed E-state index contributed by atoms with van der Waals surface area (Å²) in [6.07, 6.45) is -1.55. The largest absolute Gasteiger partial charge is 0.469 e. The lowest BCUT2D eigenvalue weighted by atomic mass is 9.97. The van der Waals surface area contributed by atoms with Crippen LogP contribution in [0, 0.1) is 0 Å².